The first-order valence-corrected chi connectivity index (χ1v) is 11.6. The normalized spacial score (nSPS) is 11.4. The Morgan fingerprint density at radius 2 is 1.67 bits per heavy atom. The van der Waals surface area contributed by atoms with Gasteiger partial charge >= 0.3 is 0 Å². The van der Waals surface area contributed by atoms with Crippen LogP contribution in [0.5, 0.6) is 11.5 Å². The molecule has 0 aliphatic heterocycles. The number of benzene rings is 2. The Balaban J connectivity index is 1.84. The molecule has 0 fully saturated rings. The van der Waals surface area contributed by atoms with Crippen LogP contribution >= 0.6 is 11.6 Å². The van der Waals surface area contributed by atoms with E-state index in [0.717, 1.165) is 0 Å². The van der Waals surface area contributed by atoms with Gasteiger partial charge in [0.25, 0.3) is 10.0 Å². The summed E-state index contributed by atoms with van der Waals surface area (Å²) < 4.78 is 41.0. The highest BCUT2D eigenvalue weighted by Gasteiger charge is 2.27. The SMILES string of the molecule is COc1ccc(OC)c(Nc2nc3ccccc3nc2NS(=O)(=O)c2c(C)nn(C)c2Cl)c1. The van der Waals surface area contributed by atoms with Crippen molar-refractivity contribution in [1.82, 2.24) is 19.7 Å². The molecule has 0 unspecified atom stereocenters. The van der Waals surface area contributed by atoms with E-state index in [1.807, 2.05) is 6.07 Å². The first kappa shape index (κ1) is 22.6. The Morgan fingerprint density at radius 3 is 2.24 bits per heavy atom. The number of methoxy groups -OCH3 is 2. The summed E-state index contributed by atoms with van der Waals surface area (Å²) in [5.41, 5.74) is 1.85. The second-order valence-corrected chi connectivity index (χ2v) is 9.01. The zero-order valence-electron chi connectivity index (χ0n) is 18.2. The molecule has 4 rings (SSSR count). The third kappa shape index (κ3) is 4.37. The van der Waals surface area contributed by atoms with Crippen molar-refractivity contribution >= 4 is 50.0 Å². The highest BCUT2D eigenvalue weighted by atomic mass is 35.5. The first-order valence-electron chi connectivity index (χ1n) is 9.71. The molecular formula is C21H21ClN6O4S. The van der Waals surface area contributed by atoms with Crippen molar-refractivity contribution in [2.45, 2.75) is 11.8 Å². The molecule has 2 N–H and O–H groups in total. The van der Waals surface area contributed by atoms with Crippen LogP contribution in [0.15, 0.2) is 47.4 Å². The molecule has 4 aromatic rings. The Morgan fingerprint density at radius 1 is 1.00 bits per heavy atom. The van der Waals surface area contributed by atoms with Crippen LogP contribution in [-0.4, -0.2) is 42.4 Å². The number of halogens is 1. The van der Waals surface area contributed by atoms with E-state index in [9.17, 15) is 8.42 Å². The summed E-state index contributed by atoms with van der Waals surface area (Å²) in [7, 11) is 0.499. The van der Waals surface area contributed by atoms with E-state index < -0.39 is 10.0 Å². The van der Waals surface area contributed by atoms with Gasteiger partial charge in [-0.05, 0) is 31.2 Å². The highest BCUT2D eigenvalue weighted by Crippen LogP contribution is 2.35. The van der Waals surface area contributed by atoms with E-state index in [1.54, 1.807) is 57.5 Å². The minimum atomic E-state index is -4.13. The lowest BCUT2D eigenvalue weighted by molar-refractivity contribution is 0.405. The third-order valence-corrected chi connectivity index (χ3v) is 6.86. The summed E-state index contributed by atoms with van der Waals surface area (Å²) in [6.07, 6.45) is 0. The van der Waals surface area contributed by atoms with Gasteiger partial charge in [-0.2, -0.15) is 5.10 Å². The quantitative estimate of drug-likeness (QED) is 0.402. The number of aromatic nitrogens is 4. The number of aryl methyl sites for hydroxylation is 2. The van der Waals surface area contributed by atoms with Crippen LogP contribution in [-0.2, 0) is 17.1 Å². The second-order valence-electron chi connectivity index (χ2n) is 7.04. The standard InChI is InChI=1S/C21H21ClN6O4S/c1-12-18(19(22)28(2)26-12)33(29,30)27-21-20(23-14-7-5-6-8-15(14)24-21)25-16-11-13(31-3)9-10-17(16)32-4/h5-11H,1-4H3,(H,23,25)(H,24,27). The summed E-state index contributed by atoms with van der Waals surface area (Å²) in [5, 5.41) is 7.18. The maximum atomic E-state index is 13.2. The molecule has 0 atom stereocenters. The van der Waals surface area contributed by atoms with Crippen LogP contribution in [0.4, 0.5) is 17.3 Å². The first-order chi connectivity index (χ1) is 15.7. The van der Waals surface area contributed by atoms with Crippen LogP contribution in [0, 0.1) is 6.92 Å². The van der Waals surface area contributed by atoms with Crippen LogP contribution in [0.1, 0.15) is 5.69 Å². The van der Waals surface area contributed by atoms with Crippen LogP contribution in [0.2, 0.25) is 5.15 Å². The lowest BCUT2D eigenvalue weighted by atomic mass is 10.2. The molecule has 0 saturated carbocycles. The van der Waals surface area contributed by atoms with E-state index in [2.05, 4.69) is 25.1 Å². The van der Waals surface area contributed by atoms with Crippen LogP contribution < -0.4 is 19.5 Å². The molecule has 0 radical (unpaired) electrons. The molecule has 172 valence electrons. The van der Waals surface area contributed by atoms with Gasteiger partial charge in [0.15, 0.2) is 11.6 Å². The Kier molecular flexibility index (Phi) is 6.00. The van der Waals surface area contributed by atoms with Gasteiger partial charge in [-0.15, -0.1) is 0 Å². The number of nitrogens with zero attached hydrogens (tertiary/aromatic N) is 4. The number of sulfonamides is 1. The summed E-state index contributed by atoms with van der Waals surface area (Å²) in [5.74, 6) is 1.23. The number of rotatable bonds is 7. The fourth-order valence-electron chi connectivity index (χ4n) is 3.29. The second kappa shape index (κ2) is 8.75. The fourth-order valence-corrected chi connectivity index (χ4v) is 5.05. The van der Waals surface area contributed by atoms with Crippen molar-refractivity contribution in [1.29, 1.82) is 0 Å². The average Bonchev–Trinajstić information content (AvgIpc) is 3.05. The van der Waals surface area contributed by atoms with Gasteiger partial charge < -0.3 is 14.8 Å². The molecule has 2 heterocycles. The number of hydrogen-bond acceptors (Lipinski definition) is 8. The summed E-state index contributed by atoms with van der Waals surface area (Å²) in [4.78, 5) is 8.93. The molecule has 10 nitrogen and oxygen atoms in total. The van der Waals surface area contributed by atoms with Gasteiger partial charge in [-0.25, -0.2) is 18.4 Å². The monoisotopic (exact) mass is 488 g/mol. The van der Waals surface area contributed by atoms with Crippen molar-refractivity contribution in [3.63, 3.8) is 0 Å². The van der Waals surface area contributed by atoms with Crippen LogP contribution in [0.25, 0.3) is 11.0 Å². The molecule has 2 aromatic heterocycles. The van der Waals surface area contributed by atoms with Gasteiger partial charge in [0.1, 0.15) is 21.5 Å². The molecule has 0 amide bonds. The Bertz CT molecular complexity index is 1450. The lowest BCUT2D eigenvalue weighted by Crippen LogP contribution is -2.17. The fraction of sp³-hybridized carbons (Fsp3) is 0.190. The number of para-hydroxylation sites is 2. The zero-order valence-corrected chi connectivity index (χ0v) is 19.8. The van der Waals surface area contributed by atoms with Crippen LogP contribution in [0.3, 0.4) is 0 Å². The minimum absolute atomic E-state index is 0.0158. The smallest absolute Gasteiger partial charge is 0.268 e. The molecule has 0 aliphatic rings. The van der Waals surface area contributed by atoms with Gasteiger partial charge in [0.05, 0.1) is 36.6 Å². The highest BCUT2D eigenvalue weighted by molar-refractivity contribution is 7.92. The molecule has 12 heteroatoms. The van der Waals surface area contributed by atoms with E-state index in [0.29, 0.717) is 28.2 Å². The van der Waals surface area contributed by atoms with Gasteiger partial charge in [-0.3, -0.25) is 9.40 Å². The Labute approximate surface area is 195 Å². The lowest BCUT2D eigenvalue weighted by Gasteiger charge is -2.16. The number of hydrogen-bond donors (Lipinski definition) is 2. The van der Waals surface area contributed by atoms with Gasteiger partial charge in [0.2, 0.25) is 0 Å². The van der Waals surface area contributed by atoms with Crippen molar-refractivity contribution in [3.05, 3.63) is 53.3 Å². The zero-order chi connectivity index (χ0) is 23.8. The number of anilines is 3. The van der Waals surface area contributed by atoms with E-state index in [-0.39, 0.29) is 27.4 Å². The molecule has 0 bridgehead atoms. The van der Waals surface area contributed by atoms with E-state index >= 15 is 0 Å². The largest absolute Gasteiger partial charge is 0.497 e. The Hall–Kier alpha value is -3.57. The maximum absolute atomic E-state index is 13.2. The minimum Gasteiger partial charge on any atom is -0.497 e. The molecule has 0 saturated heterocycles. The molecule has 2 aromatic carbocycles. The van der Waals surface area contributed by atoms with Crippen molar-refractivity contribution in [2.24, 2.45) is 7.05 Å². The number of ether oxygens (including phenoxy) is 2. The average molecular weight is 489 g/mol. The van der Waals surface area contributed by atoms with Crippen molar-refractivity contribution in [3.8, 4) is 11.5 Å². The topological polar surface area (TPSA) is 120 Å². The van der Waals surface area contributed by atoms with Crippen molar-refractivity contribution in [2.75, 3.05) is 24.3 Å². The number of fused-ring (bicyclic) bond motifs is 1. The maximum Gasteiger partial charge on any atom is 0.268 e. The van der Waals surface area contributed by atoms with Gasteiger partial charge in [0, 0.05) is 13.1 Å². The summed E-state index contributed by atoms with van der Waals surface area (Å²) in [6, 6.07) is 12.3. The predicted molar refractivity (Wildman–Crippen MR) is 126 cm³/mol. The predicted octanol–water partition coefficient (Wildman–Crippen LogP) is 3.89. The molecular weight excluding hydrogens is 468 g/mol. The molecule has 33 heavy (non-hydrogen) atoms. The van der Waals surface area contributed by atoms with E-state index in [1.165, 1.54) is 11.8 Å². The van der Waals surface area contributed by atoms with E-state index in [4.69, 9.17) is 21.1 Å². The third-order valence-electron chi connectivity index (χ3n) is 4.83. The van der Waals surface area contributed by atoms with Crippen molar-refractivity contribution < 1.29 is 17.9 Å². The molecule has 0 aliphatic carbocycles. The summed E-state index contributed by atoms with van der Waals surface area (Å²) in [6.45, 7) is 1.56. The molecule has 0 spiro atoms. The summed E-state index contributed by atoms with van der Waals surface area (Å²) >= 11 is 6.20. The number of nitrogens with one attached hydrogen (secondary N) is 2. The van der Waals surface area contributed by atoms with Gasteiger partial charge in [-0.1, -0.05) is 23.7 Å².